The van der Waals surface area contributed by atoms with E-state index in [1.165, 1.54) is 19.2 Å². The Bertz CT molecular complexity index is 1050. The largest absolute Gasteiger partial charge is 0.492 e. The summed E-state index contributed by atoms with van der Waals surface area (Å²) in [6.07, 6.45) is 0. The summed E-state index contributed by atoms with van der Waals surface area (Å²) in [5.74, 6) is 0.233. The molecule has 150 valence electrons. The van der Waals surface area contributed by atoms with Crippen molar-refractivity contribution in [2.75, 3.05) is 24.5 Å². The smallest absolute Gasteiger partial charge is 0.264 e. The monoisotopic (exact) mass is 410 g/mol. The SMILES string of the molecule is CN(c1ccccc1)S(=O)(=O)c1ccccc1C(=O)NCCOc1ccccc1. The molecule has 0 aliphatic heterocycles. The molecule has 0 radical (unpaired) electrons. The topological polar surface area (TPSA) is 75.7 Å². The molecule has 0 aliphatic rings. The first-order valence-corrected chi connectivity index (χ1v) is 10.5. The van der Waals surface area contributed by atoms with Crippen LogP contribution in [0.2, 0.25) is 0 Å². The minimum absolute atomic E-state index is 0.0483. The molecule has 0 atom stereocenters. The van der Waals surface area contributed by atoms with Gasteiger partial charge in [0.1, 0.15) is 17.3 Å². The molecule has 0 spiro atoms. The van der Waals surface area contributed by atoms with Crippen LogP contribution in [0, 0.1) is 0 Å². The van der Waals surface area contributed by atoms with Crippen molar-refractivity contribution in [1.82, 2.24) is 5.32 Å². The molecule has 3 rings (SSSR count). The van der Waals surface area contributed by atoms with Gasteiger partial charge in [0.25, 0.3) is 15.9 Å². The van der Waals surface area contributed by atoms with E-state index in [9.17, 15) is 13.2 Å². The molecule has 29 heavy (non-hydrogen) atoms. The van der Waals surface area contributed by atoms with Gasteiger partial charge in [-0.25, -0.2) is 8.42 Å². The first-order chi connectivity index (χ1) is 14.0. The molecule has 1 amide bonds. The van der Waals surface area contributed by atoms with E-state index in [0.717, 1.165) is 4.31 Å². The van der Waals surface area contributed by atoms with Gasteiger partial charge in [0.2, 0.25) is 0 Å². The minimum atomic E-state index is -3.90. The fourth-order valence-corrected chi connectivity index (χ4v) is 4.13. The number of carbonyl (C=O) groups is 1. The molecule has 0 heterocycles. The van der Waals surface area contributed by atoms with E-state index in [4.69, 9.17) is 4.74 Å². The van der Waals surface area contributed by atoms with Gasteiger partial charge < -0.3 is 10.1 Å². The minimum Gasteiger partial charge on any atom is -0.492 e. The third-order valence-electron chi connectivity index (χ3n) is 4.29. The highest BCUT2D eigenvalue weighted by atomic mass is 32.2. The number of nitrogens with one attached hydrogen (secondary N) is 1. The van der Waals surface area contributed by atoms with E-state index in [-0.39, 0.29) is 23.6 Å². The van der Waals surface area contributed by atoms with Gasteiger partial charge in [0, 0.05) is 7.05 Å². The normalized spacial score (nSPS) is 10.9. The predicted molar refractivity (Wildman–Crippen MR) is 113 cm³/mol. The lowest BCUT2D eigenvalue weighted by molar-refractivity contribution is 0.0943. The molecule has 6 nitrogen and oxygen atoms in total. The molecule has 0 saturated heterocycles. The number of amides is 1. The van der Waals surface area contributed by atoms with Crippen molar-refractivity contribution in [3.8, 4) is 5.75 Å². The second kappa shape index (κ2) is 9.25. The molecule has 0 unspecified atom stereocenters. The Balaban J connectivity index is 1.71. The number of rotatable bonds is 8. The van der Waals surface area contributed by atoms with Crippen LogP contribution in [0.3, 0.4) is 0 Å². The van der Waals surface area contributed by atoms with Crippen LogP contribution in [0.25, 0.3) is 0 Å². The zero-order valence-corrected chi connectivity index (χ0v) is 16.8. The second-order valence-electron chi connectivity index (χ2n) is 6.22. The Morgan fingerprint density at radius 3 is 2.17 bits per heavy atom. The summed E-state index contributed by atoms with van der Waals surface area (Å²) in [7, 11) is -2.43. The van der Waals surface area contributed by atoms with Gasteiger partial charge in [-0.2, -0.15) is 0 Å². The molecule has 7 heteroatoms. The number of para-hydroxylation sites is 2. The maximum absolute atomic E-state index is 13.1. The van der Waals surface area contributed by atoms with Crippen molar-refractivity contribution >= 4 is 21.6 Å². The summed E-state index contributed by atoms with van der Waals surface area (Å²) >= 11 is 0. The Labute approximate surface area is 170 Å². The summed E-state index contributed by atoms with van der Waals surface area (Å²) in [6, 6.07) is 24.1. The van der Waals surface area contributed by atoms with Crippen LogP contribution in [-0.4, -0.2) is 34.5 Å². The van der Waals surface area contributed by atoms with Gasteiger partial charge in [-0.05, 0) is 36.4 Å². The molecule has 0 fully saturated rings. The molecular formula is C22H22N2O4S. The third-order valence-corrected chi connectivity index (χ3v) is 6.13. The average Bonchev–Trinajstić information content (AvgIpc) is 2.77. The summed E-state index contributed by atoms with van der Waals surface area (Å²) in [4.78, 5) is 12.6. The van der Waals surface area contributed by atoms with E-state index in [2.05, 4.69) is 5.32 Å². The van der Waals surface area contributed by atoms with Crippen molar-refractivity contribution in [3.05, 3.63) is 90.5 Å². The van der Waals surface area contributed by atoms with Crippen LogP contribution >= 0.6 is 0 Å². The van der Waals surface area contributed by atoms with Crippen LogP contribution in [0.1, 0.15) is 10.4 Å². The zero-order chi connectivity index (χ0) is 20.7. The van der Waals surface area contributed by atoms with Gasteiger partial charge >= 0.3 is 0 Å². The highest BCUT2D eigenvalue weighted by molar-refractivity contribution is 7.92. The van der Waals surface area contributed by atoms with E-state index >= 15 is 0 Å². The molecule has 0 bridgehead atoms. The maximum Gasteiger partial charge on any atom is 0.264 e. The Morgan fingerprint density at radius 1 is 0.897 bits per heavy atom. The number of nitrogens with zero attached hydrogens (tertiary/aromatic N) is 1. The zero-order valence-electron chi connectivity index (χ0n) is 16.0. The van der Waals surface area contributed by atoms with Crippen LogP contribution in [0.15, 0.2) is 89.8 Å². The van der Waals surface area contributed by atoms with Gasteiger partial charge in [0.05, 0.1) is 17.8 Å². The van der Waals surface area contributed by atoms with Crippen LogP contribution in [-0.2, 0) is 10.0 Å². The first kappa shape index (κ1) is 20.4. The van der Waals surface area contributed by atoms with Crippen molar-refractivity contribution in [1.29, 1.82) is 0 Å². The Kier molecular flexibility index (Phi) is 6.51. The number of benzene rings is 3. The third kappa shape index (κ3) is 4.94. The first-order valence-electron chi connectivity index (χ1n) is 9.09. The van der Waals surface area contributed by atoms with E-state index in [1.807, 2.05) is 36.4 Å². The summed E-state index contributed by atoms with van der Waals surface area (Å²) in [5, 5.41) is 2.71. The number of anilines is 1. The lowest BCUT2D eigenvalue weighted by atomic mass is 10.2. The number of ether oxygens (including phenoxy) is 1. The van der Waals surface area contributed by atoms with Crippen molar-refractivity contribution < 1.29 is 17.9 Å². The van der Waals surface area contributed by atoms with Crippen molar-refractivity contribution in [2.45, 2.75) is 4.90 Å². The lowest BCUT2D eigenvalue weighted by Crippen LogP contribution is -2.32. The number of carbonyl (C=O) groups excluding carboxylic acids is 1. The van der Waals surface area contributed by atoms with Gasteiger partial charge in [-0.3, -0.25) is 9.10 Å². The van der Waals surface area contributed by atoms with E-state index < -0.39 is 15.9 Å². The maximum atomic E-state index is 13.1. The van der Waals surface area contributed by atoms with Crippen LogP contribution < -0.4 is 14.4 Å². The molecule has 1 N–H and O–H groups in total. The molecule has 0 aromatic heterocycles. The quantitative estimate of drug-likeness (QED) is 0.578. The summed E-state index contributed by atoms with van der Waals surface area (Å²) in [5.41, 5.74) is 0.606. The van der Waals surface area contributed by atoms with Crippen LogP contribution in [0.5, 0.6) is 5.75 Å². The van der Waals surface area contributed by atoms with E-state index in [0.29, 0.717) is 11.4 Å². The highest BCUT2D eigenvalue weighted by Crippen LogP contribution is 2.24. The molecule has 3 aromatic rings. The summed E-state index contributed by atoms with van der Waals surface area (Å²) < 4.78 is 32.9. The highest BCUT2D eigenvalue weighted by Gasteiger charge is 2.26. The average molecular weight is 410 g/mol. The Morgan fingerprint density at radius 2 is 1.48 bits per heavy atom. The van der Waals surface area contributed by atoms with Crippen LogP contribution in [0.4, 0.5) is 5.69 Å². The fourth-order valence-electron chi connectivity index (χ4n) is 2.75. The summed E-state index contributed by atoms with van der Waals surface area (Å²) in [6.45, 7) is 0.519. The Hall–Kier alpha value is -3.32. The number of sulfonamides is 1. The number of hydrogen-bond donors (Lipinski definition) is 1. The predicted octanol–water partition coefficient (Wildman–Crippen LogP) is 3.32. The molecule has 0 aliphatic carbocycles. The second-order valence-corrected chi connectivity index (χ2v) is 8.16. The van der Waals surface area contributed by atoms with Gasteiger partial charge in [0.15, 0.2) is 0 Å². The van der Waals surface area contributed by atoms with E-state index in [1.54, 1.807) is 36.4 Å². The standard InChI is InChI=1S/C22H22N2O4S/c1-24(18-10-4-2-5-11-18)29(26,27)21-15-9-8-14-20(21)22(25)23-16-17-28-19-12-6-3-7-13-19/h2-15H,16-17H2,1H3,(H,23,25). The fraction of sp³-hybridized carbons (Fsp3) is 0.136. The van der Waals surface area contributed by atoms with Crippen molar-refractivity contribution in [3.63, 3.8) is 0 Å². The molecular weight excluding hydrogens is 388 g/mol. The van der Waals surface area contributed by atoms with Gasteiger partial charge in [-0.15, -0.1) is 0 Å². The molecule has 3 aromatic carbocycles. The molecule has 0 saturated carbocycles. The lowest BCUT2D eigenvalue weighted by Gasteiger charge is -2.21. The van der Waals surface area contributed by atoms with Gasteiger partial charge in [-0.1, -0.05) is 48.5 Å². The number of hydrogen-bond acceptors (Lipinski definition) is 4. The van der Waals surface area contributed by atoms with Crippen molar-refractivity contribution in [2.24, 2.45) is 0 Å².